The lowest BCUT2D eigenvalue weighted by Crippen LogP contribution is -2.39. The van der Waals surface area contributed by atoms with Crippen LogP contribution >= 0.6 is 11.3 Å². The molecule has 0 radical (unpaired) electrons. The number of guanidine groups is 1. The summed E-state index contributed by atoms with van der Waals surface area (Å²) in [7, 11) is 3.65. The lowest BCUT2D eigenvalue weighted by Gasteiger charge is -2.22. The molecular formula is C17H22F2N4OS. The maximum absolute atomic E-state index is 12.2. The number of nitrogens with one attached hydrogen (secondary N) is 1. The van der Waals surface area contributed by atoms with Crippen LogP contribution in [0.25, 0.3) is 0 Å². The minimum absolute atomic E-state index is 0.155. The van der Waals surface area contributed by atoms with Gasteiger partial charge in [0.15, 0.2) is 5.96 Å². The zero-order valence-electron chi connectivity index (χ0n) is 14.5. The Kier molecular flexibility index (Phi) is 7.12. The molecular weight excluding hydrogens is 346 g/mol. The number of benzene rings is 1. The number of halogens is 2. The summed E-state index contributed by atoms with van der Waals surface area (Å²) in [6.07, 6.45) is 0.830. The number of alkyl halides is 2. The molecule has 1 heterocycles. The van der Waals surface area contributed by atoms with Crippen LogP contribution in [0, 0.1) is 6.92 Å². The molecule has 0 atom stereocenters. The number of aromatic nitrogens is 1. The standard InChI is InChI=1S/C17H22F2N4OS/c1-12-22-14(11-25-12)8-9-21-17(20-2)23(3)10-13-4-6-15(7-5-13)24-16(18)19/h4-7,11,16H,8-10H2,1-3H3,(H,20,21). The number of hydrogen-bond donors (Lipinski definition) is 1. The van der Waals surface area contributed by atoms with E-state index in [1.54, 1.807) is 30.5 Å². The maximum Gasteiger partial charge on any atom is 0.387 e. The summed E-state index contributed by atoms with van der Waals surface area (Å²) < 4.78 is 28.7. The molecule has 1 aromatic heterocycles. The van der Waals surface area contributed by atoms with Gasteiger partial charge in [-0.3, -0.25) is 4.99 Å². The molecule has 0 saturated heterocycles. The number of nitrogens with zero attached hydrogens (tertiary/aromatic N) is 3. The lowest BCUT2D eigenvalue weighted by atomic mass is 10.2. The Balaban J connectivity index is 1.83. The van der Waals surface area contributed by atoms with E-state index in [2.05, 4.69) is 25.4 Å². The van der Waals surface area contributed by atoms with Gasteiger partial charge in [-0.25, -0.2) is 4.98 Å². The molecule has 0 aliphatic carbocycles. The monoisotopic (exact) mass is 368 g/mol. The summed E-state index contributed by atoms with van der Waals surface area (Å²) >= 11 is 1.65. The van der Waals surface area contributed by atoms with Crippen molar-refractivity contribution in [3.8, 4) is 5.75 Å². The molecule has 0 saturated carbocycles. The highest BCUT2D eigenvalue weighted by molar-refractivity contribution is 7.09. The van der Waals surface area contributed by atoms with Gasteiger partial charge >= 0.3 is 6.61 Å². The Labute approximate surface area is 150 Å². The Bertz CT molecular complexity index is 688. The second-order valence-electron chi connectivity index (χ2n) is 5.46. The molecule has 0 aliphatic heterocycles. The summed E-state index contributed by atoms with van der Waals surface area (Å²) in [6, 6.07) is 6.60. The number of rotatable bonds is 7. The van der Waals surface area contributed by atoms with Crippen LogP contribution in [-0.4, -0.2) is 43.1 Å². The predicted molar refractivity (Wildman–Crippen MR) is 96.5 cm³/mol. The van der Waals surface area contributed by atoms with Crippen molar-refractivity contribution in [1.29, 1.82) is 0 Å². The Hall–Kier alpha value is -2.22. The van der Waals surface area contributed by atoms with Gasteiger partial charge in [-0.2, -0.15) is 8.78 Å². The zero-order chi connectivity index (χ0) is 18.2. The van der Waals surface area contributed by atoms with E-state index in [0.29, 0.717) is 6.54 Å². The topological polar surface area (TPSA) is 49.8 Å². The number of thiazole rings is 1. The molecule has 0 fully saturated rings. The third-order valence-corrected chi connectivity index (χ3v) is 4.29. The highest BCUT2D eigenvalue weighted by atomic mass is 32.1. The fourth-order valence-corrected chi connectivity index (χ4v) is 2.98. The Morgan fingerprint density at radius 2 is 2.08 bits per heavy atom. The van der Waals surface area contributed by atoms with Crippen LogP contribution in [-0.2, 0) is 13.0 Å². The van der Waals surface area contributed by atoms with Crippen molar-refractivity contribution in [3.63, 3.8) is 0 Å². The summed E-state index contributed by atoms with van der Waals surface area (Å²) in [5, 5.41) is 6.43. The molecule has 136 valence electrons. The Morgan fingerprint density at radius 3 is 2.64 bits per heavy atom. The van der Waals surface area contributed by atoms with Gasteiger partial charge in [-0.15, -0.1) is 11.3 Å². The summed E-state index contributed by atoms with van der Waals surface area (Å²) in [5.74, 6) is 0.919. The van der Waals surface area contributed by atoms with E-state index < -0.39 is 6.61 Å². The molecule has 1 N–H and O–H groups in total. The SMILES string of the molecule is CN=C(NCCc1csc(C)n1)N(C)Cc1ccc(OC(F)F)cc1. The molecule has 0 aliphatic rings. The van der Waals surface area contributed by atoms with Crippen LogP contribution in [0.1, 0.15) is 16.3 Å². The van der Waals surface area contributed by atoms with Gasteiger partial charge in [0.1, 0.15) is 5.75 Å². The van der Waals surface area contributed by atoms with Crippen molar-refractivity contribution in [2.45, 2.75) is 26.5 Å². The fourth-order valence-electron chi connectivity index (χ4n) is 2.34. The molecule has 2 aromatic rings. The van der Waals surface area contributed by atoms with E-state index in [1.807, 2.05) is 18.9 Å². The molecule has 5 nitrogen and oxygen atoms in total. The van der Waals surface area contributed by atoms with E-state index >= 15 is 0 Å². The van der Waals surface area contributed by atoms with Crippen LogP contribution in [0.4, 0.5) is 8.78 Å². The average Bonchev–Trinajstić information content (AvgIpc) is 2.98. The minimum Gasteiger partial charge on any atom is -0.435 e. The normalized spacial score (nSPS) is 11.7. The van der Waals surface area contributed by atoms with Gasteiger partial charge in [-0.05, 0) is 24.6 Å². The first kappa shape index (κ1) is 19.1. The second kappa shape index (κ2) is 9.31. The third-order valence-electron chi connectivity index (χ3n) is 3.47. The molecule has 0 bridgehead atoms. The molecule has 25 heavy (non-hydrogen) atoms. The van der Waals surface area contributed by atoms with Gasteiger partial charge < -0.3 is 15.0 Å². The van der Waals surface area contributed by atoms with Crippen molar-refractivity contribution in [2.75, 3.05) is 20.6 Å². The largest absolute Gasteiger partial charge is 0.435 e. The maximum atomic E-state index is 12.2. The molecule has 0 spiro atoms. The summed E-state index contributed by atoms with van der Waals surface area (Å²) in [4.78, 5) is 10.7. The second-order valence-corrected chi connectivity index (χ2v) is 6.52. The average molecular weight is 368 g/mol. The number of aryl methyl sites for hydroxylation is 1. The smallest absolute Gasteiger partial charge is 0.387 e. The Morgan fingerprint density at radius 1 is 1.36 bits per heavy atom. The molecule has 0 amide bonds. The van der Waals surface area contributed by atoms with Crippen LogP contribution in [0.5, 0.6) is 5.75 Å². The van der Waals surface area contributed by atoms with Crippen molar-refractivity contribution >= 4 is 17.3 Å². The molecule has 2 rings (SSSR count). The first-order chi connectivity index (χ1) is 12.0. The van der Waals surface area contributed by atoms with E-state index in [4.69, 9.17) is 0 Å². The van der Waals surface area contributed by atoms with Gasteiger partial charge in [0.25, 0.3) is 0 Å². The summed E-state index contributed by atoms with van der Waals surface area (Å²) in [6.45, 7) is 0.524. The van der Waals surface area contributed by atoms with Crippen molar-refractivity contribution in [2.24, 2.45) is 4.99 Å². The highest BCUT2D eigenvalue weighted by Gasteiger charge is 2.08. The number of hydrogen-bond acceptors (Lipinski definition) is 4. The van der Waals surface area contributed by atoms with Gasteiger partial charge in [0.2, 0.25) is 0 Å². The first-order valence-corrected chi connectivity index (χ1v) is 8.72. The fraction of sp³-hybridized carbons (Fsp3) is 0.412. The van der Waals surface area contributed by atoms with Crippen LogP contribution < -0.4 is 10.1 Å². The molecule has 0 unspecified atom stereocenters. The van der Waals surface area contributed by atoms with Gasteiger partial charge in [0, 0.05) is 39.0 Å². The van der Waals surface area contributed by atoms with Gasteiger partial charge in [-0.1, -0.05) is 12.1 Å². The third kappa shape index (κ3) is 6.30. The quantitative estimate of drug-likeness (QED) is 0.602. The highest BCUT2D eigenvalue weighted by Crippen LogP contribution is 2.15. The van der Waals surface area contributed by atoms with E-state index in [0.717, 1.165) is 35.2 Å². The van der Waals surface area contributed by atoms with Gasteiger partial charge in [0.05, 0.1) is 10.7 Å². The van der Waals surface area contributed by atoms with E-state index in [1.165, 1.54) is 12.1 Å². The van der Waals surface area contributed by atoms with E-state index in [9.17, 15) is 8.78 Å². The first-order valence-electron chi connectivity index (χ1n) is 7.84. The zero-order valence-corrected chi connectivity index (χ0v) is 15.3. The lowest BCUT2D eigenvalue weighted by molar-refractivity contribution is -0.0498. The minimum atomic E-state index is -2.81. The molecule has 1 aromatic carbocycles. The van der Waals surface area contributed by atoms with Crippen molar-refractivity contribution in [1.82, 2.24) is 15.2 Å². The van der Waals surface area contributed by atoms with Crippen LogP contribution in [0.3, 0.4) is 0 Å². The van der Waals surface area contributed by atoms with Crippen LogP contribution in [0.15, 0.2) is 34.6 Å². The van der Waals surface area contributed by atoms with Crippen molar-refractivity contribution in [3.05, 3.63) is 45.9 Å². The summed E-state index contributed by atoms with van der Waals surface area (Å²) in [5.41, 5.74) is 2.05. The number of ether oxygens (including phenoxy) is 1. The molecule has 8 heteroatoms. The van der Waals surface area contributed by atoms with Crippen LogP contribution in [0.2, 0.25) is 0 Å². The van der Waals surface area contributed by atoms with E-state index in [-0.39, 0.29) is 5.75 Å². The van der Waals surface area contributed by atoms with Crippen molar-refractivity contribution < 1.29 is 13.5 Å². The number of aliphatic imine (C=N–C) groups is 1. The predicted octanol–water partition coefficient (Wildman–Crippen LogP) is 3.30.